The average Bonchev–Trinajstić information content (AvgIpc) is 2.43. The van der Waals surface area contributed by atoms with Crippen molar-refractivity contribution >= 4 is 0 Å². The van der Waals surface area contributed by atoms with E-state index in [1.807, 2.05) is 19.2 Å². The summed E-state index contributed by atoms with van der Waals surface area (Å²) in [5.41, 5.74) is 1.23. The molecule has 0 heterocycles. The summed E-state index contributed by atoms with van der Waals surface area (Å²) < 4.78 is 10.9. The van der Waals surface area contributed by atoms with Gasteiger partial charge in [-0.05, 0) is 43.5 Å². The number of hydrogen-bond donors (Lipinski definition) is 1. The zero-order valence-corrected chi connectivity index (χ0v) is 12.6. The number of rotatable bonds is 9. The molecule has 1 N–H and O–H groups in total. The van der Waals surface area contributed by atoms with Gasteiger partial charge in [0.25, 0.3) is 0 Å². The van der Waals surface area contributed by atoms with Crippen molar-refractivity contribution in [2.45, 2.75) is 32.7 Å². The molecule has 1 unspecified atom stereocenters. The van der Waals surface area contributed by atoms with Gasteiger partial charge in [0.05, 0.1) is 19.8 Å². The molecule has 0 saturated heterocycles. The summed E-state index contributed by atoms with van der Waals surface area (Å²) in [4.78, 5) is 0. The van der Waals surface area contributed by atoms with Gasteiger partial charge in [-0.25, -0.2) is 0 Å². The molecule has 1 aromatic rings. The van der Waals surface area contributed by atoms with E-state index in [9.17, 15) is 0 Å². The molecule has 0 saturated carbocycles. The molecule has 3 heteroatoms. The van der Waals surface area contributed by atoms with Crippen LogP contribution in [0.15, 0.2) is 24.3 Å². The molecular formula is C16H27NO2. The van der Waals surface area contributed by atoms with Gasteiger partial charge in [-0.15, -0.1) is 0 Å². The van der Waals surface area contributed by atoms with Crippen molar-refractivity contribution in [3.63, 3.8) is 0 Å². The number of nitrogens with one attached hydrogen (secondary N) is 1. The Morgan fingerprint density at radius 1 is 1.16 bits per heavy atom. The Kier molecular flexibility index (Phi) is 7.53. The zero-order valence-electron chi connectivity index (χ0n) is 12.6. The van der Waals surface area contributed by atoms with Crippen LogP contribution in [0.4, 0.5) is 0 Å². The summed E-state index contributed by atoms with van der Waals surface area (Å²) in [6.45, 7) is 6.04. The fourth-order valence-corrected chi connectivity index (χ4v) is 1.98. The molecule has 1 aromatic carbocycles. The number of likely N-dealkylation sites (N-methyl/N-ethyl adjacent to an activating group) is 1. The summed E-state index contributed by atoms with van der Waals surface area (Å²) in [5.74, 6) is 1.64. The molecule has 3 nitrogen and oxygen atoms in total. The van der Waals surface area contributed by atoms with Crippen molar-refractivity contribution in [1.82, 2.24) is 5.32 Å². The lowest BCUT2D eigenvalue weighted by Crippen LogP contribution is -2.22. The highest BCUT2D eigenvalue weighted by Crippen LogP contribution is 2.17. The van der Waals surface area contributed by atoms with Crippen LogP contribution in [-0.2, 0) is 4.74 Å². The lowest BCUT2D eigenvalue weighted by molar-refractivity contribution is 0.108. The smallest absolute Gasteiger partial charge is 0.118 e. The van der Waals surface area contributed by atoms with Gasteiger partial charge < -0.3 is 14.8 Å². The van der Waals surface area contributed by atoms with Crippen molar-refractivity contribution in [2.24, 2.45) is 5.92 Å². The quantitative estimate of drug-likeness (QED) is 0.694. The molecule has 0 bridgehead atoms. The predicted octanol–water partition coefficient (Wildman–Crippen LogP) is 3.41. The van der Waals surface area contributed by atoms with E-state index in [-0.39, 0.29) is 6.04 Å². The SMILES string of the molecule is CNC(COCCCC(C)C)c1ccc(OC)cc1. The highest BCUT2D eigenvalue weighted by molar-refractivity contribution is 5.29. The molecule has 1 atom stereocenters. The molecule has 0 aliphatic carbocycles. The first-order chi connectivity index (χ1) is 9.17. The normalized spacial score (nSPS) is 12.7. The molecule has 108 valence electrons. The summed E-state index contributed by atoms with van der Waals surface area (Å²) >= 11 is 0. The Labute approximate surface area is 117 Å². The van der Waals surface area contributed by atoms with Crippen molar-refractivity contribution in [2.75, 3.05) is 27.4 Å². The summed E-state index contributed by atoms with van der Waals surface area (Å²) in [5, 5.41) is 3.29. The number of hydrogen-bond acceptors (Lipinski definition) is 3. The number of ether oxygens (including phenoxy) is 2. The van der Waals surface area contributed by atoms with Crippen LogP contribution in [0.5, 0.6) is 5.75 Å². The van der Waals surface area contributed by atoms with Crippen LogP contribution in [0.3, 0.4) is 0 Å². The number of methoxy groups -OCH3 is 1. The predicted molar refractivity (Wildman–Crippen MR) is 79.7 cm³/mol. The molecule has 0 amide bonds. The lowest BCUT2D eigenvalue weighted by Gasteiger charge is -2.17. The fraction of sp³-hybridized carbons (Fsp3) is 0.625. The first-order valence-corrected chi connectivity index (χ1v) is 7.06. The lowest BCUT2D eigenvalue weighted by atomic mass is 10.1. The van der Waals surface area contributed by atoms with E-state index in [2.05, 4.69) is 31.3 Å². The monoisotopic (exact) mass is 265 g/mol. The Hall–Kier alpha value is -1.06. The molecule has 1 rings (SSSR count). The minimum atomic E-state index is 0.241. The average molecular weight is 265 g/mol. The Morgan fingerprint density at radius 2 is 1.84 bits per heavy atom. The van der Waals surface area contributed by atoms with E-state index in [0.29, 0.717) is 6.61 Å². The summed E-state index contributed by atoms with van der Waals surface area (Å²) in [6.07, 6.45) is 2.36. The van der Waals surface area contributed by atoms with Gasteiger partial charge in [0.1, 0.15) is 5.75 Å². The van der Waals surface area contributed by atoms with Crippen molar-refractivity contribution in [3.05, 3.63) is 29.8 Å². The van der Waals surface area contributed by atoms with Gasteiger partial charge >= 0.3 is 0 Å². The Bertz CT molecular complexity index is 335. The minimum absolute atomic E-state index is 0.241. The second-order valence-corrected chi connectivity index (χ2v) is 5.23. The van der Waals surface area contributed by atoms with E-state index in [1.54, 1.807) is 7.11 Å². The van der Waals surface area contributed by atoms with Crippen LogP contribution in [-0.4, -0.2) is 27.4 Å². The van der Waals surface area contributed by atoms with Gasteiger partial charge in [-0.3, -0.25) is 0 Å². The van der Waals surface area contributed by atoms with Crippen molar-refractivity contribution < 1.29 is 9.47 Å². The highest BCUT2D eigenvalue weighted by Gasteiger charge is 2.09. The maximum atomic E-state index is 5.75. The maximum absolute atomic E-state index is 5.75. The van der Waals surface area contributed by atoms with Crippen molar-refractivity contribution in [1.29, 1.82) is 0 Å². The molecule has 0 fully saturated rings. The third-order valence-electron chi connectivity index (χ3n) is 3.22. The number of benzene rings is 1. The minimum Gasteiger partial charge on any atom is -0.497 e. The molecule has 0 aromatic heterocycles. The largest absolute Gasteiger partial charge is 0.497 e. The van der Waals surface area contributed by atoms with E-state index >= 15 is 0 Å². The van der Waals surface area contributed by atoms with Gasteiger partial charge in [0, 0.05) is 6.61 Å². The van der Waals surface area contributed by atoms with E-state index in [1.165, 1.54) is 12.0 Å². The van der Waals surface area contributed by atoms with E-state index in [4.69, 9.17) is 9.47 Å². The molecule has 0 aliphatic heterocycles. The third kappa shape index (κ3) is 6.08. The van der Waals surface area contributed by atoms with E-state index in [0.717, 1.165) is 24.7 Å². The van der Waals surface area contributed by atoms with Crippen LogP contribution in [0.2, 0.25) is 0 Å². The summed E-state index contributed by atoms with van der Waals surface area (Å²) in [7, 11) is 3.65. The third-order valence-corrected chi connectivity index (χ3v) is 3.22. The summed E-state index contributed by atoms with van der Waals surface area (Å²) in [6, 6.07) is 8.37. The molecule has 0 spiro atoms. The van der Waals surface area contributed by atoms with Crippen LogP contribution in [0.1, 0.15) is 38.3 Å². The first kappa shape index (κ1) is 16.0. The zero-order chi connectivity index (χ0) is 14.1. The highest BCUT2D eigenvalue weighted by atomic mass is 16.5. The van der Waals surface area contributed by atoms with Gasteiger partial charge in [0.15, 0.2) is 0 Å². The molecule has 0 aliphatic rings. The van der Waals surface area contributed by atoms with Gasteiger partial charge in [-0.2, -0.15) is 0 Å². The maximum Gasteiger partial charge on any atom is 0.118 e. The van der Waals surface area contributed by atoms with Crippen LogP contribution in [0, 0.1) is 5.92 Å². The van der Waals surface area contributed by atoms with Crippen LogP contribution in [0.25, 0.3) is 0 Å². The van der Waals surface area contributed by atoms with Crippen molar-refractivity contribution in [3.8, 4) is 5.75 Å². The van der Waals surface area contributed by atoms with Gasteiger partial charge in [0.2, 0.25) is 0 Å². The first-order valence-electron chi connectivity index (χ1n) is 7.06. The van der Waals surface area contributed by atoms with Gasteiger partial charge in [-0.1, -0.05) is 26.0 Å². The topological polar surface area (TPSA) is 30.5 Å². The van der Waals surface area contributed by atoms with E-state index < -0.39 is 0 Å². The Morgan fingerprint density at radius 3 is 2.37 bits per heavy atom. The molecule has 19 heavy (non-hydrogen) atoms. The second-order valence-electron chi connectivity index (χ2n) is 5.23. The molecule has 0 radical (unpaired) electrons. The van der Waals surface area contributed by atoms with Crippen LogP contribution < -0.4 is 10.1 Å². The van der Waals surface area contributed by atoms with Crippen LogP contribution >= 0.6 is 0 Å². The Balaban J connectivity index is 2.35. The molecular weight excluding hydrogens is 238 g/mol. The second kappa shape index (κ2) is 8.94. The standard InChI is InChI=1S/C16H27NO2/c1-13(2)6-5-11-19-12-16(17-3)14-7-9-15(18-4)10-8-14/h7-10,13,16-17H,5-6,11-12H2,1-4H3. The fourth-order valence-electron chi connectivity index (χ4n) is 1.98.